The molecule has 3 N–H and O–H groups in total. The SMILES string of the molecule is Nc1cc(N2CCOCC2)cc(OCCOCCCCO)n1. The van der Waals surface area contributed by atoms with Crippen molar-refractivity contribution in [2.24, 2.45) is 0 Å². The topological polar surface area (TPSA) is 90.1 Å². The number of aromatic nitrogens is 1. The van der Waals surface area contributed by atoms with E-state index in [4.69, 9.17) is 25.1 Å². The van der Waals surface area contributed by atoms with Crippen LogP contribution in [-0.4, -0.2) is 62.8 Å². The Morgan fingerprint density at radius 2 is 2.00 bits per heavy atom. The number of morpholine rings is 1. The molecular formula is C15H25N3O4. The van der Waals surface area contributed by atoms with Gasteiger partial charge in [0.15, 0.2) is 0 Å². The first-order valence-electron chi connectivity index (χ1n) is 7.71. The van der Waals surface area contributed by atoms with Crippen molar-refractivity contribution in [3.63, 3.8) is 0 Å². The summed E-state index contributed by atoms with van der Waals surface area (Å²) in [5.74, 6) is 0.961. The molecule has 0 bridgehead atoms. The van der Waals surface area contributed by atoms with Crippen LogP contribution in [0.5, 0.6) is 5.88 Å². The molecule has 0 aliphatic carbocycles. The lowest BCUT2D eigenvalue weighted by Crippen LogP contribution is -2.36. The molecule has 0 unspecified atom stereocenters. The van der Waals surface area contributed by atoms with Gasteiger partial charge >= 0.3 is 0 Å². The van der Waals surface area contributed by atoms with Crippen molar-refractivity contribution in [3.05, 3.63) is 12.1 Å². The molecule has 7 nitrogen and oxygen atoms in total. The summed E-state index contributed by atoms with van der Waals surface area (Å²) < 4.78 is 16.4. The fourth-order valence-electron chi connectivity index (χ4n) is 2.21. The summed E-state index contributed by atoms with van der Waals surface area (Å²) in [6.07, 6.45) is 1.62. The zero-order chi connectivity index (χ0) is 15.6. The van der Waals surface area contributed by atoms with Crippen LogP contribution in [0, 0.1) is 0 Å². The first-order chi connectivity index (χ1) is 10.8. The van der Waals surface area contributed by atoms with E-state index in [1.165, 1.54) is 0 Å². The summed E-state index contributed by atoms with van der Waals surface area (Å²) in [6, 6.07) is 3.75. The summed E-state index contributed by atoms with van der Waals surface area (Å²) in [5, 5.41) is 8.66. The fourth-order valence-corrected chi connectivity index (χ4v) is 2.21. The van der Waals surface area contributed by atoms with Crippen molar-refractivity contribution in [2.75, 3.05) is 63.4 Å². The van der Waals surface area contributed by atoms with E-state index in [1.807, 2.05) is 12.1 Å². The van der Waals surface area contributed by atoms with Crippen LogP contribution in [0.15, 0.2) is 12.1 Å². The second-order valence-electron chi connectivity index (χ2n) is 5.08. The van der Waals surface area contributed by atoms with Crippen LogP contribution in [0.1, 0.15) is 12.8 Å². The lowest BCUT2D eigenvalue weighted by Gasteiger charge is -2.29. The summed E-state index contributed by atoms with van der Waals surface area (Å²) in [6.45, 7) is 4.89. The maximum atomic E-state index is 8.66. The second-order valence-corrected chi connectivity index (χ2v) is 5.08. The highest BCUT2D eigenvalue weighted by atomic mass is 16.5. The molecule has 0 saturated carbocycles. The van der Waals surface area contributed by atoms with Gasteiger partial charge in [0.25, 0.3) is 0 Å². The lowest BCUT2D eigenvalue weighted by molar-refractivity contribution is 0.0930. The monoisotopic (exact) mass is 311 g/mol. The van der Waals surface area contributed by atoms with Gasteiger partial charge in [-0.05, 0) is 12.8 Å². The van der Waals surface area contributed by atoms with Crippen molar-refractivity contribution in [2.45, 2.75) is 12.8 Å². The Kier molecular flexibility index (Phi) is 7.21. The summed E-state index contributed by atoms with van der Waals surface area (Å²) in [4.78, 5) is 6.39. The fraction of sp³-hybridized carbons (Fsp3) is 0.667. The van der Waals surface area contributed by atoms with Crippen LogP contribution in [0.4, 0.5) is 11.5 Å². The van der Waals surface area contributed by atoms with E-state index in [9.17, 15) is 0 Å². The number of nitrogens with two attached hydrogens (primary N) is 1. The standard InChI is InChI=1S/C15H25N3O4/c16-14-11-13(18-3-7-21-8-4-18)12-15(17-14)22-10-9-20-6-2-1-5-19/h11-12,19H,1-10H2,(H2,16,17). The molecule has 1 aromatic heterocycles. The Morgan fingerprint density at radius 1 is 1.18 bits per heavy atom. The highest BCUT2D eigenvalue weighted by Crippen LogP contribution is 2.23. The van der Waals surface area contributed by atoms with Gasteiger partial charge in [0.1, 0.15) is 12.4 Å². The largest absolute Gasteiger partial charge is 0.475 e. The minimum Gasteiger partial charge on any atom is -0.475 e. The number of hydrogen-bond acceptors (Lipinski definition) is 7. The molecule has 7 heteroatoms. The molecule has 0 amide bonds. The third-order valence-corrected chi connectivity index (χ3v) is 3.36. The Hall–Kier alpha value is -1.57. The maximum Gasteiger partial charge on any atom is 0.217 e. The van der Waals surface area contributed by atoms with Gasteiger partial charge in [0.05, 0.1) is 19.8 Å². The number of nitrogen functional groups attached to an aromatic ring is 1. The van der Waals surface area contributed by atoms with Gasteiger partial charge < -0.3 is 30.0 Å². The predicted octanol–water partition coefficient (Wildman–Crippen LogP) is 0.668. The Balaban J connectivity index is 1.77. The molecule has 0 atom stereocenters. The summed E-state index contributed by atoms with van der Waals surface area (Å²) >= 11 is 0. The van der Waals surface area contributed by atoms with Crippen LogP contribution >= 0.6 is 0 Å². The summed E-state index contributed by atoms with van der Waals surface area (Å²) in [5.41, 5.74) is 6.86. The van der Waals surface area contributed by atoms with E-state index in [0.29, 0.717) is 31.5 Å². The zero-order valence-corrected chi connectivity index (χ0v) is 12.9. The summed E-state index contributed by atoms with van der Waals surface area (Å²) in [7, 11) is 0. The second kappa shape index (κ2) is 9.45. The van der Waals surface area contributed by atoms with Gasteiger partial charge in [-0.1, -0.05) is 0 Å². The number of ether oxygens (including phenoxy) is 3. The molecule has 1 saturated heterocycles. The number of hydrogen-bond donors (Lipinski definition) is 2. The van der Waals surface area contributed by atoms with Crippen LogP contribution in [0.2, 0.25) is 0 Å². The molecule has 0 spiro atoms. The van der Waals surface area contributed by atoms with Gasteiger partial charge in [-0.25, -0.2) is 0 Å². The molecule has 2 rings (SSSR count). The minimum atomic E-state index is 0.206. The van der Waals surface area contributed by atoms with Crippen molar-refractivity contribution >= 4 is 11.5 Å². The average molecular weight is 311 g/mol. The van der Waals surface area contributed by atoms with E-state index in [2.05, 4.69) is 9.88 Å². The van der Waals surface area contributed by atoms with Gasteiger partial charge in [-0.15, -0.1) is 0 Å². The number of unbranched alkanes of at least 4 members (excludes halogenated alkanes) is 1. The smallest absolute Gasteiger partial charge is 0.217 e. The first-order valence-corrected chi connectivity index (χ1v) is 7.71. The van der Waals surface area contributed by atoms with E-state index >= 15 is 0 Å². The van der Waals surface area contributed by atoms with Gasteiger partial charge in [-0.3, -0.25) is 0 Å². The number of nitrogens with zero attached hydrogens (tertiary/aromatic N) is 2. The number of anilines is 2. The number of rotatable bonds is 9. The lowest BCUT2D eigenvalue weighted by atomic mass is 10.3. The molecule has 1 aliphatic rings. The Bertz CT molecular complexity index is 439. The third kappa shape index (κ3) is 5.67. The van der Waals surface area contributed by atoms with Crippen LogP contribution < -0.4 is 15.4 Å². The third-order valence-electron chi connectivity index (χ3n) is 3.36. The van der Waals surface area contributed by atoms with Crippen LogP contribution in [0.25, 0.3) is 0 Å². The van der Waals surface area contributed by atoms with Crippen molar-refractivity contribution in [1.82, 2.24) is 4.98 Å². The minimum absolute atomic E-state index is 0.206. The number of aliphatic hydroxyl groups is 1. The van der Waals surface area contributed by atoms with Crippen molar-refractivity contribution in [3.8, 4) is 5.88 Å². The van der Waals surface area contributed by atoms with Gasteiger partial charge in [0.2, 0.25) is 5.88 Å². The molecule has 1 aliphatic heterocycles. The van der Waals surface area contributed by atoms with Crippen molar-refractivity contribution < 1.29 is 19.3 Å². The first kappa shape index (κ1) is 16.8. The number of aliphatic hydroxyl groups excluding tert-OH is 1. The molecule has 1 fully saturated rings. The highest BCUT2D eigenvalue weighted by molar-refractivity contribution is 5.55. The molecule has 124 valence electrons. The zero-order valence-electron chi connectivity index (χ0n) is 12.9. The normalized spacial score (nSPS) is 15.0. The van der Waals surface area contributed by atoms with Crippen LogP contribution in [-0.2, 0) is 9.47 Å². The number of pyridine rings is 1. The van der Waals surface area contributed by atoms with Crippen molar-refractivity contribution in [1.29, 1.82) is 0 Å². The molecular weight excluding hydrogens is 286 g/mol. The quantitative estimate of drug-likeness (QED) is 0.648. The Labute approximate surface area is 131 Å². The van der Waals surface area contributed by atoms with E-state index in [0.717, 1.165) is 44.8 Å². The molecule has 2 heterocycles. The maximum absolute atomic E-state index is 8.66. The molecule has 1 aromatic rings. The van der Waals surface area contributed by atoms with E-state index < -0.39 is 0 Å². The predicted molar refractivity (Wildman–Crippen MR) is 84.3 cm³/mol. The molecule has 22 heavy (non-hydrogen) atoms. The highest BCUT2D eigenvalue weighted by Gasteiger charge is 2.13. The van der Waals surface area contributed by atoms with Crippen LogP contribution in [0.3, 0.4) is 0 Å². The van der Waals surface area contributed by atoms with Gasteiger partial charge in [-0.2, -0.15) is 4.98 Å². The van der Waals surface area contributed by atoms with E-state index in [1.54, 1.807) is 0 Å². The molecule has 0 aromatic carbocycles. The molecule has 0 radical (unpaired) electrons. The van der Waals surface area contributed by atoms with Gasteiger partial charge in [0, 0.05) is 44.1 Å². The van der Waals surface area contributed by atoms with E-state index in [-0.39, 0.29) is 6.61 Å². The average Bonchev–Trinajstić information content (AvgIpc) is 2.54. The Morgan fingerprint density at radius 3 is 2.77 bits per heavy atom.